The SMILES string of the molecule is N#Cc1cccc(S(=O)(=O)Nc2cnoc2)c1. The molecule has 0 saturated carbocycles. The number of aromatic nitrogens is 1. The summed E-state index contributed by atoms with van der Waals surface area (Å²) >= 11 is 0. The van der Waals surface area contributed by atoms with Crippen LogP contribution < -0.4 is 4.72 Å². The van der Waals surface area contributed by atoms with Gasteiger partial charge in [-0.25, -0.2) is 8.42 Å². The summed E-state index contributed by atoms with van der Waals surface area (Å²) in [5, 5.41) is 12.1. The van der Waals surface area contributed by atoms with Crippen molar-refractivity contribution in [2.45, 2.75) is 4.90 Å². The number of anilines is 1. The zero-order chi connectivity index (χ0) is 12.3. The van der Waals surface area contributed by atoms with Crippen LogP contribution in [0.5, 0.6) is 0 Å². The van der Waals surface area contributed by atoms with E-state index in [9.17, 15) is 8.42 Å². The number of rotatable bonds is 3. The fourth-order valence-electron chi connectivity index (χ4n) is 1.20. The van der Waals surface area contributed by atoms with Gasteiger partial charge < -0.3 is 4.52 Å². The predicted molar refractivity (Wildman–Crippen MR) is 58.5 cm³/mol. The van der Waals surface area contributed by atoms with Gasteiger partial charge in [0.05, 0.1) is 22.7 Å². The molecule has 0 aliphatic carbocycles. The van der Waals surface area contributed by atoms with Crippen LogP contribution in [0, 0.1) is 11.3 Å². The van der Waals surface area contributed by atoms with Gasteiger partial charge in [-0.1, -0.05) is 11.2 Å². The Morgan fingerprint density at radius 1 is 1.41 bits per heavy atom. The largest absolute Gasteiger partial charge is 0.362 e. The van der Waals surface area contributed by atoms with E-state index in [1.54, 1.807) is 0 Å². The van der Waals surface area contributed by atoms with Crippen LogP contribution in [0.2, 0.25) is 0 Å². The van der Waals surface area contributed by atoms with Crippen LogP contribution in [-0.2, 0) is 10.0 Å². The summed E-state index contributed by atoms with van der Waals surface area (Å²) in [6.07, 6.45) is 2.41. The molecule has 17 heavy (non-hydrogen) atoms. The standard InChI is InChI=1S/C10H7N3O3S/c11-5-8-2-1-3-10(4-8)17(14,15)13-9-6-12-16-7-9/h1-4,6-7,13H. The molecular formula is C10H7N3O3S. The molecule has 7 heteroatoms. The van der Waals surface area contributed by atoms with E-state index < -0.39 is 10.0 Å². The maximum Gasteiger partial charge on any atom is 0.262 e. The van der Waals surface area contributed by atoms with Crippen molar-refractivity contribution in [1.82, 2.24) is 5.16 Å². The summed E-state index contributed by atoms with van der Waals surface area (Å²) < 4.78 is 30.5. The molecule has 1 N–H and O–H groups in total. The van der Waals surface area contributed by atoms with Gasteiger partial charge in [0.1, 0.15) is 12.0 Å². The molecule has 0 amide bonds. The number of hydrogen-bond donors (Lipinski definition) is 1. The minimum absolute atomic E-state index is 0.0118. The van der Waals surface area contributed by atoms with E-state index in [-0.39, 0.29) is 16.1 Å². The number of sulfonamides is 1. The van der Waals surface area contributed by atoms with E-state index in [0.717, 1.165) is 0 Å². The van der Waals surface area contributed by atoms with E-state index in [0.29, 0.717) is 0 Å². The van der Waals surface area contributed by atoms with Gasteiger partial charge >= 0.3 is 0 Å². The van der Waals surface area contributed by atoms with Gasteiger partial charge in [0, 0.05) is 0 Å². The van der Waals surface area contributed by atoms with E-state index in [1.807, 2.05) is 6.07 Å². The fraction of sp³-hybridized carbons (Fsp3) is 0. The molecule has 0 bridgehead atoms. The van der Waals surface area contributed by atoms with Crippen molar-refractivity contribution in [1.29, 1.82) is 5.26 Å². The quantitative estimate of drug-likeness (QED) is 0.885. The van der Waals surface area contributed by atoms with E-state index in [4.69, 9.17) is 5.26 Å². The molecular weight excluding hydrogens is 242 g/mol. The number of nitriles is 1. The monoisotopic (exact) mass is 249 g/mol. The third-order valence-electron chi connectivity index (χ3n) is 1.96. The first-order chi connectivity index (χ1) is 8.12. The molecule has 2 aromatic rings. The average molecular weight is 249 g/mol. The molecule has 0 fully saturated rings. The molecule has 0 radical (unpaired) electrons. The molecule has 0 aliphatic heterocycles. The lowest BCUT2D eigenvalue weighted by atomic mass is 10.2. The first-order valence-electron chi connectivity index (χ1n) is 4.54. The summed E-state index contributed by atoms with van der Waals surface area (Å²) in [6, 6.07) is 7.59. The lowest BCUT2D eigenvalue weighted by molar-refractivity contribution is 0.420. The van der Waals surface area contributed by atoms with E-state index in [1.165, 1.54) is 36.7 Å². The third-order valence-corrected chi connectivity index (χ3v) is 3.34. The second kappa shape index (κ2) is 4.27. The van der Waals surface area contributed by atoms with Crippen LogP contribution in [0.25, 0.3) is 0 Å². The first-order valence-corrected chi connectivity index (χ1v) is 6.02. The minimum atomic E-state index is -3.72. The summed E-state index contributed by atoms with van der Waals surface area (Å²) in [6.45, 7) is 0. The predicted octanol–water partition coefficient (Wildman–Crippen LogP) is 1.35. The van der Waals surface area contributed by atoms with Crippen molar-refractivity contribution in [3.05, 3.63) is 42.3 Å². The van der Waals surface area contributed by atoms with Gasteiger partial charge in [-0.05, 0) is 18.2 Å². The van der Waals surface area contributed by atoms with Gasteiger partial charge in [0.25, 0.3) is 10.0 Å². The topological polar surface area (TPSA) is 96.0 Å². The fourth-order valence-corrected chi connectivity index (χ4v) is 2.27. The molecule has 1 aromatic heterocycles. The number of benzene rings is 1. The van der Waals surface area contributed by atoms with Gasteiger partial charge in [0.2, 0.25) is 0 Å². The van der Waals surface area contributed by atoms with E-state index >= 15 is 0 Å². The van der Waals surface area contributed by atoms with Crippen LogP contribution in [0.3, 0.4) is 0 Å². The molecule has 0 atom stereocenters. The molecule has 0 aliphatic rings. The Bertz CT molecular complexity index is 656. The van der Waals surface area contributed by atoms with Crippen LogP contribution in [0.15, 0.2) is 46.1 Å². The second-order valence-corrected chi connectivity index (χ2v) is 4.84. The molecule has 1 aromatic carbocycles. The van der Waals surface area contributed by atoms with Crippen molar-refractivity contribution in [2.75, 3.05) is 4.72 Å². The zero-order valence-electron chi connectivity index (χ0n) is 8.49. The average Bonchev–Trinajstić information content (AvgIpc) is 2.81. The highest BCUT2D eigenvalue weighted by molar-refractivity contribution is 7.92. The zero-order valence-corrected chi connectivity index (χ0v) is 9.31. The van der Waals surface area contributed by atoms with Crippen LogP contribution >= 0.6 is 0 Å². The molecule has 1 heterocycles. The lowest BCUT2D eigenvalue weighted by Crippen LogP contribution is -2.12. The Labute approximate surface area is 97.5 Å². The second-order valence-electron chi connectivity index (χ2n) is 3.16. The first kappa shape index (κ1) is 11.2. The Hall–Kier alpha value is -2.33. The summed E-state index contributed by atoms with van der Waals surface area (Å²) in [5.41, 5.74) is 0.505. The molecule has 0 spiro atoms. The third kappa shape index (κ3) is 2.43. The van der Waals surface area contributed by atoms with Crippen molar-refractivity contribution in [2.24, 2.45) is 0 Å². The lowest BCUT2D eigenvalue weighted by Gasteiger charge is -2.04. The van der Waals surface area contributed by atoms with E-state index in [2.05, 4.69) is 14.4 Å². The highest BCUT2D eigenvalue weighted by atomic mass is 32.2. The number of nitrogens with zero attached hydrogens (tertiary/aromatic N) is 2. The summed E-state index contributed by atoms with van der Waals surface area (Å²) in [7, 11) is -3.72. The van der Waals surface area contributed by atoms with Crippen LogP contribution in [0.1, 0.15) is 5.56 Å². The van der Waals surface area contributed by atoms with Crippen molar-refractivity contribution < 1.29 is 12.9 Å². The Morgan fingerprint density at radius 2 is 2.24 bits per heavy atom. The minimum Gasteiger partial charge on any atom is -0.362 e. The number of hydrogen-bond acceptors (Lipinski definition) is 5. The van der Waals surface area contributed by atoms with Crippen LogP contribution in [0.4, 0.5) is 5.69 Å². The highest BCUT2D eigenvalue weighted by Gasteiger charge is 2.15. The maximum absolute atomic E-state index is 11.9. The van der Waals surface area contributed by atoms with Crippen molar-refractivity contribution in [3.63, 3.8) is 0 Å². The Kier molecular flexibility index (Phi) is 2.80. The Balaban J connectivity index is 2.35. The smallest absolute Gasteiger partial charge is 0.262 e. The molecule has 6 nitrogen and oxygen atoms in total. The van der Waals surface area contributed by atoms with Crippen molar-refractivity contribution >= 4 is 15.7 Å². The van der Waals surface area contributed by atoms with Crippen LogP contribution in [-0.4, -0.2) is 13.6 Å². The van der Waals surface area contributed by atoms with Gasteiger partial charge in [-0.3, -0.25) is 4.72 Å². The van der Waals surface area contributed by atoms with Gasteiger partial charge in [-0.2, -0.15) is 5.26 Å². The summed E-state index contributed by atoms with van der Waals surface area (Å²) in [4.78, 5) is 0.0118. The summed E-state index contributed by atoms with van der Waals surface area (Å²) in [5.74, 6) is 0. The number of nitrogens with one attached hydrogen (secondary N) is 1. The molecule has 2 rings (SSSR count). The maximum atomic E-state index is 11.9. The van der Waals surface area contributed by atoms with Crippen molar-refractivity contribution in [3.8, 4) is 6.07 Å². The normalized spacial score (nSPS) is 10.8. The highest BCUT2D eigenvalue weighted by Crippen LogP contribution is 2.16. The van der Waals surface area contributed by atoms with Gasteiger partial charge in [0.15, 0.2) is 0 Å². The molecule has 0 saturated heterocycles. The molecule has 0 unspecified atom stereocenters. The molecule has 86 valence electrons. The van der Waals surface area contributed by atoms with Gasteiger partial charge in [-0.15, -0.1) is 0 Å². The Morgan fingerprint density at radius 3 is 2.88 bits per heavy atom.